The van der Waals surface area contributed by atoms with Crippen molar-refractivity contribution >= 4 is 17.3 Å². The Bertz CT molecular complexity index is 421. The van der Waals surface area contributed by atoms with Gasteiger partial charge in [0.25, 0.3) is 0 Å². The first kappa shape index (κ1) is 18.3. The smallest absolute Gasteiger partial charge is 0.0644 e. The van der Waals surface area contributed by atoms with E-state index in [1.54, 1.807) is 0 Å². The van der Waals surface area contributed by atoms with E-state index in [4.69, 9.17) is 16.3 Å². The van der Waals surface area contributed by atoms with Crippen molar-refractivity contribution in [3.63, 3.8) is 0 Å². The van der Waals surface area contributed by atoms with Crippen molar-refractivity contribution < 1.29 is 4.74 Å². The molecule has 0 atom stereocenters. The number of rotatable bonds is 9. The second-order valence-corrected chi connectivity index (χ2v) is 6.56. The molecule has 120 valence electrons. The molecule has 1 N–H and O–H groups in total. The monoisotopic (exact) mass is 312 g/mol. The minimum Gasteiger partial charge on any atom is -0.377 e. The number of ether oxygens (including phenoxy) is 1. The first-order chi connectivity index (χ1) is 9.90. The Labute approximate surface area is 134 Å². The Hall–Kier alpha value is -0.770. The summed E-state index contributed by atoms with van der Waals surface area (Å²) in [6, 6.07) is 6.27. The van der Waals surface area contributed by atoms with E-state index < -0.39 is 0 Å². The summed E-state index contributed by atoms with van der Waals surface area (Å²) >= 11 is 6.40. The molecule has 0 saturated carbocycles. The zero-order chi connectivity index (χ0) is 15.8. The Morgan fingerprint density at radius 1 is 1.24 bits per heavy atom. The summed E-state index contributed by atoms with van der Waals surface area (Å²) in [6.07, 6.45) is 0.267. The Balaban J connectivity index is 2.52. The summed E-state index contributed by atoms with van der Waals surface area (Å²) < 4.78 is 5.58. The molecule has 3 nitrogen and oxygen atoms in total. The molecular weight excluding hydrogens is 284 g/mol. The predicted molar refractivity (Wildman–Crippen MR) is 92.4 cm³/mol. The number of likely N-dealkylation sites (N-methyl/N-ethyl adjacent to an activating group) is 1. The van der Waals surface area contributed by atoms with Gasteiger partial charge in [-0.3, -0.25) is 0 Å². The van der Waals surface area contributed by atoms with Crippen LogP contribution in [-0.4, -0.2) is 32.8 Å². The van der Waals surface area contributed by atoms with Crippen LogP contribution in [0.4, 0.5) is 5.69 Å². The molecular formula is C17H29ClN2O. The third-order valence-electron chi connectivity index (χ3n) is 3.18. The summed E-state index contributed by atoms with van der Waals surface area (Å²) in [7, 11) is 2.04. The number of nitrogens with one attached hydrogen (secondary N) is 1. The summed E-state index contributed by atoms with van der Waals surface area (Å²) in [6.45, 7) is 11.9. The topological polar surface area (TPSA) is 24.5 Å². The van der Waals surface area contributed by atoms with Gasteiger partial charge in [-0.1, -0.05) is 31.5 Å². The van der Waals surface area contributed by atoms with Crippen LogP contribution in [0.25, 0.3) is 0 Å². The fourth-order valence-corrected chi connectivity index (χ4v) is 2.37. The van der Waals surface area contributed by atoms with Gasteiger partial charge < -0.3 is 15.0 Å². The van der Waals surface area contributed by atoms with Crippen LogP contribution in [0.15, 0.2) is 18.2 Å². The van der Waals surface area contributed by atoms with Gasteiger partial charge in [-0.25, -0.2) is 0 Å². The molecule has 0 amide bonds. The molecule has 1 rings (SSSR count). The molecule has 0 radical (unpaired) electrons. The molecule has 0 aliphatic rings. The van der Waals surface area contributed by atoms with Gasteiger partial charge >= 0.3 is 0 Å². The summed E-state index contributed by atoms with van der Waals surface area (Å²) in [4.78, 5) is 2.13. The van der Waals surface area contributed by atoms with Crippen LogP contribution >= 0.6 is 11.6 Å². The van der Waals surface area contributed by atoms with E-state index in [2.05, 4.69) is 36.2 Å². The number of hydrogen-bond acceptors (Lipinski definition) is 3. The first-order valence-electron chi connectivity index (χ1n) is 7.72. The van der Waals surface area contributed by atoms with Crippen LogP contribution in [0.2, 0.25) is 5.02 Å². The highest BCUT2D eigenvalue weighted by Gasteiger charge is 2.07. The van der Waals surface area contributed by atoms with Gasteiger partial charge in [-0.05, 0) is 44.0 Å². The molecule has 4 heteroatoms. The van der Waals surface area contributed by atoms with Crippen molar-refractivity contribution in [3.05, 3.63) is 28.8 Å². The van der Waals surface area contributed by atoms with Gasteiger partial charge in [0.1, 0.15) is 0 Å². The second kappa shape index (κ2) is 9.29. The number of halogens is 1. The van der Waals surface area contributed by atoms with E-state index >= 15 is 0 Å². The van der Waals surface area contributed by atoms with E-state index in [1.807, 2.05) is 27.0 Å². The van der Waals surface area contributed by atoms with Crippen LogP contribution < -0.4 is 10.2 Å². The molecule has 0 bridgehead atoms. The van der Waals surface area contributed by atoms with Crippen LogP contribution in [0.5, 0.6) is 0 Å². The minimum absolute atomic E-state index is 0.267. The van der Waals surface area contributed by atoms with Crippen LogP contribution in [0, 0.1) is 5.92 Å². The van der Waals surface area contributed by atoms with Crippen LogP contribution in [0.3, 0.4) is 0 Å². The highest BCUT2D eigenvalue weighted by atomic mass is 35.5. The van der Waals surface area contributed by atoms with E-state index in [0.29, 0.717) is 12.5 Å². The Morgan fingerprint density at radius 3 is 2.52 bits per heavy atom. The molecule has 0 aliphatic heterocycles. The van der Waals surface area contributed by atoms with Crippen molar-refractivity contribution in [2.75, 3.05) is 31.6 Å². The number of hydrogen-bond donors (Lipinski definition) is 1. The third-order valence-corrected chi connectivity index (χ3v) is 3.49. The van der Waals surface area contributed by atoms with E-state index in [1.165, 1.54) is 5.56 Å². The minimum atomic E-state index is 0.267. The van der Waals surface area contributed by atoms with Gasteiger partial charge in [0.15, 0.2) is 0 Å². The second-order valence-electron chi connectivity index (χ2n) is 6.15. The largest absolute Gasteiger partial charge is 0.377 e. The van der Waals surface area contributed by atoms with Crippen LogP contribution in [-0.2, 0) is 11.3 Å². The standard InChI is InChI=1S/C17H29ClN2O/c1-13(2)11-19-12-15-6-7-17(16(18)10-15)20(5)8-9-21-14(3)4/h6-7,10,13-14,19H,8-9,11-12H2,1-5H3. The molecule has 0 spiro atoms. The summed E-state index contributed by atoms with van der Waals surface area (Å²) in [5.74, 6) is 0.659. The fraction of sp³-hybridized carbons (Fsp3) is 0.647. The molecule has 0 aliphatic carbocycles. The molecule has 21 heavy (non-hydrogen) atoms. The lowest BCUT2D eigenvalue weighted by Crippen LogP contribution is -2.24. The summed E-state index contributed by atoms with van der Waals surface area (Å²) in [5, 5.41) is 4.23. The number of benzene rings is 1. The van der Waals surface area contributed by atoms with Crippen molar-refractivity contribution in [3.8, 4) is 0 Å². The van der Waals surface area contributed by atoms with Gasteiger partial charge in [0, 0.05) is 20.1 Å². The van der Waals surface area contributed by atoms with E-state index in [-0.39, 0.29) is 6.10 Å². The lowest BCUT2D eigenvalue weighted by Gasteiger charge is -2.21. The molecule has 0 aromatic heterocycles. The van der Waals surface area contributed by atoms with Gasteiger partial charge in [0.2, 0.25) is 0 Å². The van der Waals surface area contributed by atoms with Crippen molar-refractivity contribution in [2.24, 2.45) is 5.92 Å². The van der Waals surface area contributed by atoms with Crippen molar-refractivity contribution in [1.29, 1.82) is 0 Å². The van der Waals surface area contributed by atoms with Crippen molar-refractivity contribution in [2.45, 2.75) is 40.3 Å². The SMILES string of the molecule is CC(C)CNCc1ccc(N(C)CCOC(C)C)c(Cl)c1. The third kappa shape index (κ3) is 7.16. The van der Waals surface area contributed by atoms with Crippen LogP contribution in [0.1, 0.15) is 33.3 Å². The summed E-state index contributed by atoms with van der Waals surface area (Å²) in [5.41, 5.74) is 2.27. The fourth-order valence-electron chi connectivity index (χ4n) is 2.02. The van der Waals surface area contributed by atoms with Crippen molar-refractivity contribution in [1.82, 2.24) is 5.32 Å². The maximum atomic E-state index is 6.40. The zero-order valence-corrected chi connectivity index (χ0v) is 14.7. The molecule has 1 aromatic carbocycles. The molecule has 0 unspecified atom stereocenters. The predicted octanol–water partition coefficient (Wildman–Crippen LogP) is 3.95. The normalized spacial score (nSPS) is 11.4. The van der Waals surface area contributed by atoms with E-state index in [9.17, 15) is 0 Å². The highest BCUT2D eigenvalue weighted by Crippen LogP contribution is 2.26. The first-order valence-corrected chi connectivity index (χ1v) is 8.09. The quantitative estimate of drug-likeness (QED) is 0.747. The molecule has 0 fully saturated rings. The highest BCUT2D eigenvalue weighted by molar-refractivity contribution is 6.33. The van der Waals surface area contributed by atoms with Gasteiger partial charge in [-0.2, -0.15) is 0 Å². The van der Waals surface area contributed by atoms with Gasteiger partial charge in [0.05, 0.1) is 23.4 Å². The van der Waals surface area contributed by atoms with Gasteiger partial charge in [-0.15, -0.1) is 0 Å². The average molecular weight is 313 g/mol. The Kier molecular flexibility index (Phi) is 8.09. The molecule has 0 heterocycles. The Morgan fingerprint density at radius 2 is 1.95 bits per heavy atom. The number of nitrogens with zero attached hydrogens (tertiary/aromatic N) is 1. The lowest BCUT2D eigenvalue weighted by molar-refractivity contribution is 0.0846. The maximum Gasteiger partial charge on any atom is 0.0644 e. The molecule has 0 saturated heterocycles. The molecule has 1 aromatic rings. The number of anilines is 1. The lowest BCUT2D eigenvalue weighted by atomic mass is 10.1. The average Bonchev–Trinajstić information content (AvgIpc) is 2.37. The van der Waals surface area contributed by atoms with E-state index in [0.717, 1.165) is 30.3 Å². The zero-order valence-electron chi connectivity index (χ0n) is 13.9. The maximum absolute atomic E-state index is 6.40.